The summed E-state index contributed by atoms with van der Waals surface area (Å²) in [7, 11) is -3.79. The van der Waals surface area contributed by atoms with E-state index < -0.39 is 22.0 Å². The second-order valence-corrected chi connectivity index (χ2v) is 9.70. The third-order valence-electron chi connectivity index (χ3n) is 5.28. The van der Waals surface area contributed by atoms with Gasteiger partial charge in [0.25, 0.3) is 0 Å². The molecule has 158 valence electrons. The average Bonchev–Trinajstić information content (AvgIpc) is 3.26. The zero-order chi connectivity index (χ0) is 21.1. The number of rotatable bonds is 6. The van der Waals surface area contributed by atoms with Crippen LogP contribution in [0.25, 0.3) is 11.0 Å². The van der Waals surface area contributed by atoms with Crippen LogP contribution in [0.1, 0.15) is 24.5 Å². The van der Waals surface area contributed by atoms with E-state index in [-0.39, 0.29) is 23.9 Å². The second-order valence-electron chi connectivity index (χ2n) is 7.26. The van der Waals surface area contributed by atoms with Crippen LogP contribution in [0.15, 0.2) is 53.4 Å². The Bertz CT molecular complexity index is 1130. The molecule has 0 spiro atoms. The number of fused-ring (bicyclic) bond motifs is 1. The Hall–Kier alpha value is -2.40. The maximum absolute atomic E-state index is 13.2. The Labute approximate surface area is 178 Å². The molecule has 3 aromatic rings. The molecule has 1 amide bonds. The number of hydrogen-bond donors (Lipinski definition) is 2. The van der Waals surface area contributed by atoms with Crippen LogP contribution in [0, 0.1) is 5.92 Å². The van der Waals surface area contributed by atoms with E-state index in [1.54, 1.807) is 24.3 Å². The van der Waals surface area contributed by atoms with Crippen molar-refractivity contribution in [1.29, 1.82) is 0 Å². The lowest BCUT2D eigenvalue weighted by Crippen LogP contribution is -2.46. The number of aliphatic hydroxyl groups excluding tert-OH is 1. The van der Waals surface area contributed by atoms with Crippen molar-refractivity contribution >= 4 is 38.7 Å². The highest BCUT2D eigenvalue weighted by atomic mass is 32.2. The van der Waals surface area contributed by atoms with Gasteiger partial charge in [-0.2, -0.15) is 13.1 Å². The lowest BCUT2D eigenvalue weighted by molar-refractivity contribution is -0.126. The largest absolute Gasteiger partial charge is 0.387 e. The molecule has 10 heteroatoms. The number of hydrogen-bond acceptors (Lipinski definition) is 7. The standard InChI is InChI=1S/C20H22N4O4S2/c25-17(14-6-2-1-3-7-14)12-21-20(26)15-8-5-11-24(13-15)30(27,28)18-10-4-9-16-19(18)23-29-22-16/h1-4,6-7,9-10,15,17,25H,5,8,11-13H2,(H,21,26)/t15-,17-/m0/s1. The van der Waals surface area contributed by atoms with Crippen LogP contribution in [-0.2, 0) is 14.8 Å². The van der Waals surface area contributed by atoms with Crippen LogP contribution >= 0.6 is 11.7 Å². The van der Waals surface area contributed by atoms with Gasteiger partial charge in [0.15, 0.2) is 0 Å². The molecule has 4 rings (SSSR count). The van der Waals surface area contributed by atoms with Gasteiger partial charge in [-0.3, -0.25) is 4.79 Å². The fraction of sp³-hybridized carbons (Fsp3) is 0.350. The Morgan fingerprint density at radius 2 is 2.00 bits per heavy atom. The maximum atomic E-state index is 13.2. The molecule has 1 saturated heterocycles. The van der Waals surface area contributed by atoms with E-state index in [2.05, 4.69) is 14.1 Å². The van der Waals surface area contributed by atoms with Crippen LogP contribution < -0.4 is 5.32 Å². The molecule has 30 heavy (non-hydrogen) atoms. The molecule has 1 aliphatic heterocycles. The molecule has 2 aromatic carbocycles. The van der Waals surface area contributed by atoms with Crippen LogP contribution in [0.3, 0.4) is 0 Å². The minimum atomic E-state index is -3.79. The first-order valence-electron chi connectivity index (χ1n) is 9.69. The van der Waals surface area contributed by atoms with Gasteiger partial charge in [-0.25, -0.2) is 8.42 Å². The first-order valence-corrected chi connectivity index (χ1v) is 11.9. The van der Waals surface area contributed by atoms with Gasteiger partial charge in [-0.05, 0) is 30.5 Å². The molecule has 0 unspecified atom stereocenters. The van der Waals surface area contributed by atoms with Gasteiger partial charge in [0.05, 0.1) is 23.8 Å². The number of aromatic nitrogens is 2. The summed E-state index contributed by atoms with van der Waals surface area (Å²) < 4.78 is 36.0. The maximum Gasteiger partial charge on any atom is 0.245 e. The van der Waals surface area contributed by atoms with Crippen LogP contribution in [0.5, 0.6) is 0 Å². The molecule has 0 radical (unpaired) electrons. The number of carbonyl (C=O) groups is 1. The first kappa shape index (κ1) is 20.9. The lowest BCUT2D eigenvalue weighted by Gasteiger charge is -2.31. The molecule has 1 aromatic heterocycles. The Kier molecular flexibility index (Phi) is 6.09. The molecule has 2 N–H and O–H groups in total. The highest BCUT2D eigenvalue weighted by Crippen LogP contribution is 2.28. The van der Waals surface area contributed by atoms with Gasteiger partial charge in [0.2, 0.25) is 15.9 Å². The monoisotopic (exact) mass is 446 g/mol. The molecule has 2 heterocycles. The zero-order valence-corrected chi connectivity index (χ0v) is 17.8. The number of sulfonamides is 1. The van der Waals surface area contributed by atoms with Crippen LogP contribution in [0.4, 0.5) is 0 Å². The number of carbonyl (C=O) groups excluding carboxylic acids is 1. The smallest absolute Gasteiger partial charge is 0.245 e. The minimum absolute atomic E-state index is 0.0793. The predicted molar refractivity (Wildman–Crippen MR) is 113 cm³/mol. The van der Waals surface area contributed by atoms with E-state index in [1.807, 2.05) is 18.2 Å². The van der Waals surface area contributed by atoms with Gasteiger partial charge in [-0.1, -0.05) is 36.4 Å². The fourth-order valence-electron chi connectivity index (χ4n) is 3.64. The van der Waals surface area contributed by atoms with E-state index in [4.69, 9.17) is 0 Å². The summed E-state index contributed by atoms with van der Waals surface area (Å²) in [6.07, 6.45) is 0.374. The van der Waals surface area contributed by atoms with Gasteiger partial charge in [0, 0.05) is 19.6 Å². The van der Waals surface area contributed by atoms with E-state index in [9.17, 15) is 18.3 Å². The molecular weight excluding hydrogens is 424 g/mol. The number of amides is 1. The first-order chi connectivity index (χ1) is 14.5. The van der Waals surface area contributed by atoms with Crippen molar-refractivity contribution in [2.24, 2.45) is 5.92 Å². The predicted octanol–water partition coefficient (Wildman–Crippen LogP) is 1.94. The van der Waals surface area contributed by atoms with Crippen molar-refractivity contribution in [3.63, 3.8) is 0 Å². The van der Waals surface area contributed by atoms with Gasteiger partial charge in [-0.15, -0.1) is 0 Å². The van der Waals surface area contributed by atoms with Gasteiger partial charge >= 0.3 is 0 Å². The number of piperidine rings is 1. The summed E-state index contributed by atoms with van der Waals surface area (Å²) in [5.41, 5.74) is 1.62. The summed E-state index contributed by atoms with van der Waals surface area (Å²) in [6.45, 7) is 0.534. The quantitative estimate of drug-likeness (QED) is 0.598. The number of nitrogens with zero attached hydrogens (tertiary/aromatic N) is 3. The molecule has 1 aliphatic rings. The van der Waals surface area contributed by atoms with E-state index in [1.165, 1.54) is 10.4 Å². The topological polar surface area (TPSA) is 112 Å². The van der Waals surface area contributed by atoms with Crippen molar-refractivity contribution in [2.45, 2.75) is 23.8 Å². The van der Waals surface area contributed by atoms with Crippen molar-refractivity contribution < 1.29 is 18.3 Å². The molecular formula is C20H22N4O4S2. The van der Waals surface area contributed by atoms with E-state index in [0.717, 1.165) is 17.3 Å². The van der Waals surface area contributed by atoms with E-state index >= 15 is 0 Å². The molecule has 8 nitrogen and oxygen atoms in total. The lowest BCUT2D eigenvalue weighted by atomic mass is 9.98. The van der Waals surface area contributed by atoms with Crippen molar-refractivity contribution in [1.82, 2.24) is 18.4 Å². The Balaban J connectivity index is 1.44. The SMILES string of the molecule is O=C(NC[C@H](O)c1ccccc1)[C@H]1CCCN(S(=O)(=O)c2cccc3nsnc23)C1. The summed E-state index contributed by atoms with van der Waals surface area (Å²) in [6, 6.07) is 14.0. The Morgan fingerprint density at radius 3 is 2.80 bits per heavy atom. The molecule has 0 bridgehead atoms. The van der Waals surface area contributed by atoms with Crippen molar-refractivity contribution in [3.05, 3.63) is 54.1 Å². The summed E-state index contributed by atoms with van der Waals surface area (Å²) >= 11 is 0.972. The number of nitrogens with one attached hydrogen (secondary N) is 1. The van der Waals surface area contributed by atoms with Crippen molar-refractivity contribution in [3.8, 4) is 0 Å². The highest BCUT2D eigenvalue weighted by Gasteiger charge is 2.34. The summed E-state index contributed by atoms with van der Waals surface area (Å²) in [4.78, 5) is 12.8. The highest BCUT2D eigenvalue weighted by molar-refractivity contribution is 7.89. The second kappa shape index (κ2) is 8.76. The van der Waals surface area contributed by atoms with Gasteiger partial charge < -0.3 is 10.4 Å². The van der Waals surface area contributed by atoms with Crippen LogP contribution in [0.2, 0.25) is 0 Å². The molecule has 2 atom stereocenters. The Morgan fingerprint density at radius 1 is 1.20 bits per heavy atom. The summed E-state index contributed by atoms with van der Waals surface area (Å²) in [5, 5.41) is 13.0. The van der Waals surface area contributed by atoms with Gasteiger partial charge in [0.1, 0.15) is 15.9 Å². The molecule has 0 saturated carbocycles. The fourth-order valence-corrected chi connectivity index (χ4v) is 5.91. The van der Waals surface area contributed by atoms with E-state index in [0.29, 0.717) is 30.4 Å². The average molecular weight is 447 g/mol. The number of benzene rings is 2. The van der Waals surface area contributed by atoms with Crippen LogP contribution in [-0.4, -0.2) is 52.1 Å². The molecule has 1 fully saturated rings. The van der Waals surface area contributed by atoms with Crippen molar-refractivity contribution in [2.75, 3.05) is 19.6 Å². The minimum Gasteiger partial charge on any atom is -0.387 e. The zero-order valence-electron chi connectivity index (χ0n) is 16.1. The third-order valence-corrected chi connectivity index (χ3v) is 7.72. The number of aliphatic hydroxyl groups is 1. The summed E-state index contributed by atoms with van der Waals surface area (Å²) in [5.74, 6) is -0.720. The normalized spacial score (nSPS) is 18.9. The molecule has 0 aliphatic carbocycles. The third kappa shape index (κ3) is 4.22.